The fourth-order valence-electron chi connectivity index (χ4n) is 12.2. The summed E-state index contributed by atoms with van der Waals surface area (Å²) in [5, 5.41) is 48.3. The number of nitrogens with zero attached hydrogens (tertiary/aromatic N) is 3. The van der Waals surface area contributed by atoms with Gasteiger partial charge in [0, 0.05) is 112 Å². The van der Waals surface area contributed by atoms with Gasteiger partial charge in [0.2, 0.25) is 23.6 Å². The lowest BCUT2D eigenvalue weighted by atomic mass is 9.55. The van der Waals surface area contributed by atoms with Gasteiger partial charge < -0.3 is 48.3 Å². The van der Waals surface area contributed by atoms with Crippen molar-refractivity contribution in [3.8, 4) is 0 Å². The second-order valence-electron chi connectivity index (χ2n) is 20.9. The number of aliphatic imine (C=N–C) groups is 3. The third-order valence-corrected chi connectivity index (χ3v) is 16.0. The molecule has 2 unspecified atom stereocenters. The van der Waals surface area contributed by atoms with Crippen molar-refractivity contribution in [2.45, 2.75) is 151 Å². The molecule has 5 aliphatic rings. The fraction of sp³-hybridized carbons (Fsp3) is 0.667. The van der Waals surface area contributed by atoms with Crippen LogP contribution >= 0.6 is 0 Å². The number of aliphatic hydroxyl groups excluding tert-OH is 1. The quantitative estimate of drug-likeness (QED) is 0.0847. The highest BCUT2D eigenvalue weighted by molar-refractivity contribution is 6.10. The van der Waals surface area contributed by atoms with Crippen molar-refractivity contribution in [3.05, 3.63) is 34.3 Å². The molecule has 0 saturated carbocycles. The van der Waals surface area contributed by atoms with Crippen LogP contribution in [-0.4, -0.2) is 103 Å². The zero-order chi connectivity index (χ0) is 50.4. The molecule has 10 atom stereocenters. The van der Waals surface area contributed by atoms with E-state index in [-0.39, 0.29) is 57.9 Å². The van der Waals surface area contributed by atoms with Gasteiger partial charge in [0.15, 0.2) is 0 Å². The molecule has 67 heavy (non-hydrogen) atoms. The maximum Gasteiger partial charge on any atom is 0.304 e. The van der Waals surface area contributed by atoms with Crippen LogP contribution in [0.5, 0.6) is 0 Å². The summed E-state index contributed by atoms with van der Waals surface area (Å²) >= 11 is 0. The monoisotopic (exact) mass is 935 g/mol. The number of hydrogen-bond acceptors (Lipinski definition) is 12. The molecule has 1 saturated heterocycles. The van der Waals surface area contributed by atoms with E-state index in [0.29, 0.717) is 45.4 Å². The molecular formula is C48H70N8O11. The van der Waals surface area contributed by atoms with Gasteiger partial charge in [-0.05, 0) is 70.6 Å². The van der Waals surface area contributed by atoms with E-state index < -0.39 is 124 Å². The van der Waals surface area contributed by atoms with Crippen LogP contribution in [0.25, 0.3) is 0 Å². The Morgan fingerprint density at radius 2 is 1.31 bits per heavy atom. The minimum Gasteiger partial charge on any atom is -0.481 e. The molecule has 5 heterocycles. The number of nitrogens with two attached hydrogens (primary N) is 3. The number of fused-ring (bicyclic) bond motifs is 6. The van der Waals surface area contributed by atoms with E-state index in [9.17, 15) is 54.0 Å². The lowest BCUT2D eigenvalue weighted by Crippen LogP contribution is -2.55. The Morgan fingerprint density at radius 3 is 1.84 bits per heavy atom. The van der Waals surface area contributed by atoms with E-state index in [1.54, 1.807) is 27.7 Å². The van der Waals surface area contributed by atoms with Crippen LogP contribution in [0.1, 0.15) is 133 Å². The van der Waals surface area contributed by atoms with Crippen molar-refractivity contribution >= 4 is 58.7 Å². The molecule has 12 N–H and O–H groups in total. The van der Waals surface area contributed by atoms with Crippen molar-refractivity contribution in [2.75, 3.05) is 6.54 Å². The smallest absolute Gasteiger partial charge is 0.304 e. The molecule has 8 bridgehead atoms. The zero-order valence-electron chi connectivity index (χ0n) is 40.2. The Labute approximate surface area is 391 Å². The molecule has 1 fully saturated rings. The van der Waals surface area contributed by atoms with Gasteiger partial charge in [-0.25, -0.2) is 0 Å². The summed E-state index contributed by atoms with van der Waals surface area (Å²) in [6.07, 6.45) is -0.267. The SMILES string of the molecule is C/C1=C2N=C(/C=C3\N/C(=C(/C)C4=N[C@](C)(C5N=C1[C@](C)(CCC(=O)NCC(C)O)[C@H]5CC(=O)O)[C@@](C)(CC(=O)O)[C@@H]4CCC(N)=O)[C@@](C)(CC(=O)O)[C@@H]3CCC(N)=O)C(C)(C)[C@@H]/2CCC(N)=O. The molecule has 5 aliphatic heterocycles. The highest BCUT2D eigenvalue weighted by Crippen LogP contribution is 2.62. The minimum absolute atomic E-state index is 0.0141. The van der Waals surface area contributed by atoms with Gasteiger partial charge in [0.1, 0.15) is 0 Å². The lowest BCUT2D eigenvalue weighted by molar-refractivity contribution is -0.143. The Bertz CT molecular complexity index is 2310. The molecule has 0 aromatic heterocycles. The maximum absolute atomic E-state index is 13.5. The normalized spacial score (nSPS) is 35.2. The van der Waals surface area contributed by atoms with E-state index in [0.717, 1.165) is 0 Å². The summed E-state index contributed by atoms with van der Waals surface area (Å²) in [6.45, 7) is 16.2. The number of hydrogen-bond donors (Lipinski definition) is 9. The molecule has 368 valence electrons. The first-order chi connectivity index (χ1) is 30.9. The van der Waals surface area contributed by atoms with Crippen molar-refractivity contribution in [1.29, 1.82) is 0 Å². The number of primary amides is 3. The Morgan fingerprint density at radius 1 is 0.761 bits per heavy atom. The fourth-order valence-corrected chi connectivity index (χ4v) is 12.2. The summed E-state index contributed by atoms with van der Waals surface area (Å²) in [6, 6.07) is -1.07. The number of amides is 4. The van der Waals surface area contributed by atoms with Crippen molar-refractivity contribution in [3.63, 3.8) is 0 Å². The Hall–Kier alpha value is -5.72. The Balaban J connectivity index is 2.00. The van der Waals surface area contributed by atoms with Crippen molar-refractivity contribution < 1.29 is 54.0 Å². The van der Waals surface area contributed by atoms with Crippen LogP contribution in [0.4, 0.5) is 0 Å². The number of nitrogens with one attached hydrogen (secondary N) is 2. The van der Waals surface area contributed by atoms with Gasteiger partial charge in [0.25, 0.3) is 0 Å². The number of allylic oxidation sites excluding steroid dienone is 6. The molecule has 0 radical (unpaired) electrons. The van der Waals surface area contributed by atoms with Crippen molar-refractivity contribution in [2.24, 2.45) is 77.5 Å². The second-order valence-corrected chi connectivity index (χ2v) is 20.9. The average Bonchev–Trinajstić information content (AvgIpc) is 3.80. The highest BCUT2D eigenvalue weighted by atomic mass is 16.4. The molecular weight excluding hydrogens is 865 g/mol. The van der Waals surface area contributed by atoms with Crippen LogP contribution in [-0.2, 0) is 33.6 Å². The van der Waals surface area contributed by atoms with Gasteiger partial charge in [-0.3, -0.25) is 48.5 Å². The topological polar surface area (TPSA) is 340 Å². The van der Waals surface area contributed by atoms with Gasteiger partial charge >= 0.3 is 17.9 Å². The Kier molecular flexibility index (Phi) is 14.9. The first-order valence-corrected chi connectivity index (χ1v) is 23.1. The third-order valence-electron chi connectivity index (χ3n) is 16.0. The van der Waals surface area contributed by atoms with Gasteiger partial charge in [-0.2, -0.15) is 0 Å². The lowest BCUT2D eigenvalue weighted by Gasteiger charge is -2.48. The standard InChI is InChI=1S/C48H70N8O11/c1-23(57)22-52-35(61)16-17-45(6)29(18-36(62)63)43-48(9)47(8,21-38(66)67)28(12-15-34(51)60)40(56-48)25(3)42-46(7,20-37(64)65)26(10-13-32(49)58)30(53-42)19-31-44(4,5)27(11-14-33(50)59)39(54-31)24(2)41(45)55-43/h19,23,26-29,43,53,57H,10-18,20-22H2,1-9H3,(H2,49,58)(H2,50,59)(H2,51,60)(H,52,61)(H,62,63)(H,64,65)(H,66,67)/b30-19-,39-24-,42-25-/t23?,26-,27-,28-,29+,43?,45-,46+,47+,48-/m1/s1. The van der Waals surface area contributed by atoms with Gasteiger partial charge in [-0.15, -0.1) is 0 Å². The summed E-state index contributed by atoms with van der Waals surface area (Å²) in [7, 11) is 0. The molecule has 0 aromatic carbocycles. The average molecular weight is 935 g/mol. The number of carbonyl (C=O) groups excluding carboxylic acids is 4. The number of carbonyl (C=O) groups is 7. The third kappa shape index (κ3) is 9.84. The summed E-state index contributed by atoms with van der Waals surface area (Å²) in [4.78, 5) is 107. The van der Waals surface area contributed by atoms with E-state index in [4.69, 9.17) is 32.2 Å². The predicted molar refractivity (Wildman–Crippen MR) is 249 cm³/mol. The van der Waals surface area contributed by atoms with Crippen LogP contribution in [0.3, 0.4) is 0 Å². The number of carboxylic acid groups (broad SMARTS) is 3. The first kappa shape index (κ1) is 52.3. The highest BCUT2D eigenvalue weighted by Gasteiger charge is 2.66. The summed E-state index contributed by atoms with van der Waals surface area (Å²) in [5.41, 5.74) is 15.0. The minimum atomic E-state index is -1.55. The van der Waals surface area contributed by atoms with E-state index in [1.807, 2.05) is 33.8 Å². The van der Waals surface area contributed by atoms with Crippen LogP contribution < -0.4 is 27.8 Å². The number of aliphatic carboxylic acids is 3. The number of carboxylic acids is 3. The zero-order valence-corrected chi connectivity index (χ0v) is 40.2. The van der Waals surface area contributed by atoms with Crippen LogP contribution in [0.2, 0.25) is 0 Å². The van der Waals surface area contributed by atoms with E-state index in [2.05, 4.69) is 10.6 Å². The molecule has 19 heteroatoms. The molecule has 0 aromatic rings. The number of rotatable bonds is 20. The van der Waals surface area contributed by atoms with Crippen LogP contribution in [0, 0.1) is 45.3 Å². The maximum atomic E-state index is 13.5. The summed E-state index contributed by atoms with van der Waals surface area (Å²) < 4.78 is 0. The van der Waals surface area contributed by atoms with Gasteiger partial charge in [0.05, 0.1) is 36.9 Å². The van der Waals surface area contributed by atoms with E-state index in [1.165, 1.54) is 6.92 Å². The molecule has 0 spiro atoms. The van der Waals surface area contributed by atoms with Gasteiger partial charge in [-0.1, -0.05) is 34.6 Å². The van der Waals surface area contributed by atoms with Crippen molar-refractivity contribution in [1.82, 2.24) is 10.6 Å². The van der Waals surface area contributed by atoms with Crippen LogP contribution in [0.15, 0.2) is 49.3 Å². The number of aliphatic hydroxyl groups is 1. The second kappa shape index (κ2) is 19.1. The molecule has 19 nitrogen and oxygen atoms in total. The largest absolute Gasteiger partial charge is 0.481 e. The first-order valence-electron chi connectivity index (χ1n) is 23.1. The van der Waals surface area contributed by atoms with E-state index >= 15 is 0 Å². The molecule has 5 rings (SSSR count). The predicted octanol–water partition coefficient (Wildman–Crippen LogP) is 3.53. The molecule has 0 aliphatic carbocycles. The molecule has 4 amide bonds. The summed E-state index contributed by atoms with van der Waals surface area (Å²) in [5.74, 6) is -8.57.